The molecule has 47 heavy (non-hydrogen) atoms. The molecule has 0 aromatic heterocycles. The molecule has 0 aliphatic carbocycles. The van der Waals surface area contributed by atoms with Gasteiger partial charge in [0, 0.05) is 5.56 Å². The summed E-state index contributed by atoms with van der Waals surface area (Å²) >= 11 is 0. The number of unbranched alkanes of at least 4 members (excludes halogenated alkanes) is 24. The van der Waals surface area contributed by atoms with Crippen molar-refractivity contribution in [1.82, 2.24) is 0 Å². The van der Waals surface area contributed by atoms with Gasteiger partial charge in [0.1, 0.15) is 0 Å². The monoisotopic (exact) mass is 654 g/mol. The second-order valence-electron chi connectivity index (χ2n) is 13.6. The summed E-state index contributed by atoms with van der Waals surface area (Å²) in [6, 6.07) is 5.30. The summed E-state index contributed by atoms with van der Waals surface area (Å²) in [7, 11) is 0. The van der Waals surface area contributed by atoms with Crippen LogP contribution in [0.25, 0.3) is 0 Å². The van der Waals surface area contributed by atoms with Gasteiger partial charge in [-0.3, -0.25) is 4.79 Å². The molecule has 0 unspecified atom stereocenters. The number of carbonyl (C=O) groups excluding carboxylic acids is 1. The molecule has 0 aliphatic heterocycles. The highest BCUT2D eigenvalue weighted by Gasteiger charge is 2.10. The molecule has 2 N–H and O–H groups in total. The van der Waals surface area contributed by atoms with Gasteiger partial charge in [0.2, 0.25) is 5.91 Å². The van der Waals surface area contributed by atoms with Gasteiger partial charge in [-0.05, 0) is 82.4 Å². The van der Waals surface area contributed by atoms with Gasteiger partial charge in [0.15, 0.2) is 11.5 Å². The minimum atomic E-state index is -0.438. The maximum Gasteiger partial charge on any atom is 0.248 e. The first-order valence-electron chi connectivity index (χ1n) is 20.2. The summed E-state index contributed by atoms with van der Waals surface area (Å²) < 4.78 is 12.2. The molecule has 0 aliphatic rings. The first-order chi connectivity index (χ1) is 23.2. The lowest BCUT2D eigenvalue weighted by molar-refractivity contribution is 0.0999. The Labute approximate surface area is 291 Å². The molecule has 0 saturated heterocycles. The number of nitrogens with two attached hydrogens (primary N) is 1. The van der Waals surface area contributed by atoms with Crippen LogP contribution in [0, 0.1) is 0 Å². The van der Waals surface area contributed by atoms with Crippen LogP contribution in [-0.2, 0) is 0 Å². The van der Waals surface area contributed by atoms with Crippen LogP contribution in [0.2, 0.25) is 0 Å². The second kappa shape index (κ2) is 33.7. The predicted octanol–water partition coefficient (Wildman–Crippen LogP) is 13.6. The van der Waals surface area contributed by atoms with E-state index in [9.17, 15) is 4.79 Å². The molecule has 270 valence electrons. The van der Waals surface area contributed by atoms with Crippen molar-refractivity contribution in [2.45, 2.75) is 194 Å². The molecule has 0 bridgehead atoms. The van der Waals surface area contributed by atoms with Crippen LogP contribution in [0.5, 0.6) is 11.5 Å². The number of carbonyl (C=O) groups is 1. The van der Waals surface area contributed by atoms with E-state index in [1.54, 1.807) is 12.1 Å². The van der Waals surface area contributed by atoms with Crippen LogP contribution in [-0.4, -0.2) is 19.1 Å². The predicted molar refractivity (Wildman–Crippen MR) is 205 cm³/mol. The van der Waals surface area contributed by atoms with Gasteiger partial charge in [-0.25, -0.2) is 0 Å². The van der Waals surface area contributed by atoms with Crippen LogP contribution in [0.3, 0.4) is 0 Å². The third kappa shape index (κ3) is 27.4. The molecular formula is C43H75NO3. The van der Waals surface area contributed by atoms with Crippen LogP contribution in [0.15, 0.2) is 42.5 Å². The van der Waals surface area contributed by atoms with Gasteiger partial charge in [0.25, 0.3) is 0 Å². The van der Waals surface area contributed by atoms with E-state index in [0.717, 1.165) is 19.3 Å². The highest BCUT2D eigenvalue weighted by atomic mass is 16.5. The van der Waals surface area contributed by atoms with Crippen LogP contribution in [0.1, 0.15) is 204 Å². The van der Waals surface area contributed by atoms with Gasteiger partial charge >= 0.3 is 0 Å². The molecule has 1 aromatic rings. The fraction of sp³-hybridized carbons (Fsp3) is 0.744. The van der Waals surface area contributed by atoms with Crippen molar-refractivity contribution in [3.63, 3.8) is 0 Å². The lowest BCUT2D eigenvalue weighted by atomic mass is 10.1. The van der Waals surface area contributed by atoms with Crippen molar-refractivity contribution in [2.75, 3.05) is 13.2 Å². The molecule has 1 aromatic carbocycles. The fourth-order valence-electron chi connectivity index (χ4n) is 5.96. The number of hydrogen-bond donors (Lipinski definition) is 1. The second-order valence-corrected chi connectivity index (χ2v) is 13.6. The number of primary amides is 1. The topological polar surface area (TPSA) is 61.5 Å². The summed E-state index contributed by atoms with van der Waals surface area (Å²) in [5.41, 5.74) is 5.99. The van der Waals surface area contributed by atoms with E-state index >= 15 is 0 Å². The maximum absolute atomic E-state index is 11.7. The summed E-state index contributed by atoms with van der Waals surface area (Å²) in [5.74, 6) is 0.915. The molecule has 0 heterocycles. The van der Waals surface area contributed by atoms with E-state index in [-0.39, 0.29) is 0 Å². The first kappa shape index (κ1) is 42.8. The third-order valence-electron chi connectivity index (χ3n) is 9.06. The molecule has 4 nitrogen and oxygen atoms in total. The normalized spacial score (nSPS) is 11.6. The van der Waals surface area contributed by atoms with E-state index in [1.165, 1.54) is 161 Å². The van der Waals surface area contributed by atoms with Gasteiger partial charge in [-0.1, -0.05) is 154 Å². The Hall–Kier alpha value is -2.23. The summed E-state index contributed by atoms with van der Waals surface area (Å²) in [6.07, 6.45) is 45.7. The average Bonchev–Trinajstić information content (AvgIpc) is 3.07. The Morgan fingerprint density at radius 2 is 0.830 bits per heavy atom. The first-order valence-corrected chi connectivity index (χ1v) is 20.2. The lowest BCUT2D eigenvalue weighted by Crippen LogP contribution is -2.11. The number of rotatable bonds is 35. The van der Waals surface area contributed by atoms with Gasteiger partial charge < -0.3 is 15.2 Å². The largest absolute Gasteiger partial charge is 0.490 e. The van der Waals surface area contributed by atoms with Crippen molar-refractivity contribution < 1.29 is 14.3 Å². The Morgan fingerprint density at radius 1 is 0.489 bits per heavy atom. The fourth-order valence-corrected chi connectivity index (χ4v) is 5.96. The van der Waals surface area contributed by atoms with E-state index < -0.39 is 5.91 Å². The summed E-state index contributed by atoms with van der Waals surface area (Å²) in [6.45, 7) is 5.85. The summed E-state index contributed by atoms with van der Waals surface area (Å²) in [4.78, 5) is 11.7. The molecule has 0 atom stereocenters. The van der Waals surface area contributed by atoms with E-state index in [0.29, 0.717) is 30.3 Å². The van der Waals surface area contributed by atoms with Crippen LogP contribution < -0.4 is 15.2 Å². The minimum Gasteiger partial charge on any atom is -0.490 e. The molecule has 0 saturated carbocycles. The molecular weight excluding hydrogens is 578 g/mol. The zero-order valence-electron chi connectivity index (χ0n) is 31.1. The van der Waals surface area contributed by atoms with E-state index in [2.05, 4.69) is 38.2 Å². The average molecular weight is 654 g/mol. The van der Waals surface area contributed by atoms with Crippen molar-refractivity contribution in [2.24, 2.45) is 5.73 Å². The number of hydrogen-bond acceptors (Lipinski definition) is 3. The third-order valence-corrected chi connectivity index (χ3v) is 9.06. The summed E-state index contributed by atoms with van der Waals surface area (Å²) in [5, 5.41) is 0. The number of amides is 1. The smallest absolute Gasteiger partial charge is 0.248 e. The Morgan fingerprint density at radius 3 is 1.21 bits per heavy atom. The quantitative estimate of drug-likeness (QED) is 0.0586. The molecule has 1 amide bonds. The van der Waals surface area contributed by atoms with Crippen molar-refractivity contribution in [3.05, 3.63) is 48.1 Å². The van der Waals surface area contributed by atoms with Gasteiger partial charge in [-0.2, -0.15) is 0 Å². The lowest BCUT2D eigenvalue weighted by Gasteiger charge is -2.14. The van der Waals surface area contributed by atoms with Crippen LogP contribution >= 0.6 is 0 Å². The minimum absolute atomic E-state index is 0.438. The van der Waals surface area contributed by atoms with Gasteiger partial charge in [0.05, 0.1) is 13.2 Å². The Bertz CT molecular complexity index is 893. The zero-order valence-corrected chi connectivity index (χ0v) is 31.1. The van der Waals surface area contributed by atoms with Crippen molar-refractivity contribution in [1.29, 1.82) is 0 Å². The van der Waals surface area contributed by atoms with Crippen LogP contribution in [0.4, 0.5) is 0 Å². The standard InChI is InChI=1S/C43H75NO3/c1-3-5-7-9-11-13-15-17-19-21-23-25-27-29-31-33-37-46-41-36-35-40(43(44)45)39-42(41)47-38-34-32-30-28-26-24-22-20-18-16-14-12-10-8-6-4-2/h17-20,35-36,39H,3-16,21-34,37-38H2,1-2H3,(H2,44,45)/b19-17-,20-18-. The zero-order chi connectivity index (χ0) is 33.9. The molecule has 1 rings (SSSR count). The Kier molecular flexibility index (Phi) is 30.6. The molecule has 0 spiro atoms. The highest BCUT2D eigenvalue weighted by Crippen LogP contribution is 2.29. The maximum atomic E-state index is 11.7. The Balaban J connectivity index is 2.08. The van der Waals surface area contributed by atoms with E-state index in [4.69, 9.17) is 15.2 Å². The molecule has 0 fully saturated rings. The molecule has 4 heteroatoms. The SMILES string of the molecule is CCCCCCCC/C=C\CCCCCCCCOc1ccc(C(N)=O)cc1OCCCCCCCC/C=C\CCCCCCCC. The van der Waals surface area contributed by atoms with E-state index in [1.807, 2.05) is 6.07 Å². The number of allylic oxidation sites excluding steroid dienone is 4. The number of ether oxygens (including phenoxy) is 2. The van der Waals surface area contributed by atoms with Crippen molar-refractivity contribution >= 4 is 5.91 Å². The van der Waals surface area contributed by atoms with Crippen molar-refractivity contribution in [3.8, 4) is 11.5 Å². The van der Waals surface area contributed by atoms with Gasteiger partial charge in [-0.15, -0.1) is 0 Å². The highest BCUT2D eigenvalue weighted by molar-refractivity contribution is 5.93. The molecule has 0 radical (unpaired) electrons. The number of benzene rings is 1.